The molecule has 2 heterocycles. The van der Waals surface area contributed by atoms with Crippen molar-refractivity contribution >= 4 is 40.2 Å². The molecule has 0 aliphatic carbocycles. The molecule has 1 aliphatic rings. The maximum absolute atomic E-state index is 12.0. The van der Waals surface area contributed by atoms with Gasteiger partial charge in [-0.1, -0.05) is 28.9 Å². The minimum absolute atomic E-state index is 0.0907. The highest BCUT2D eigenvalue weighted by molar-refractivity contribution is 7.17. The summed E-state index contributed by atoms with van der Waals surface area (Å²) in [6.45, 7) is 0.992. The van der Waals surface area contributed by atoms with E-state index in [0.29, 0.717) is 28.7 Å². The summed E-state index contributed by atoms with van der Waals surface area (Å²) in [5, 5.41) is 18.9. The fraction of sp³-hybridized carbons (Fsp3) is 0.294. The molecule has 0 fully saturated rings. The minimum Gasteiger partial charge on any atom is -0.395 e. The van der Waals surface area contributed by atoms with E-state index < -0.39 is 0 Å². The Hall–Kier alpha value is -2.09. The Balaban J connectivity index is 1.48. The lowest BCUT2D eigenvalue weighted by molar-refractivity contribution is 0.0755. The van der Waals surface area contributed by atoms with Crippen molar-refractivity contribution in [2.45, 2.75) is 12.5 Å². The first-order valence-electron chi connectivity index (χ1n) is 7.87. The smallest absolute Gasteiger partial charge is 0.261 e. The summed E-state index contributed by atoms with van der Waals surface area (Å²) < 4.78 is 0.588. The second kappa shape index (κ2) is 8.33. The highest BCUT2D eigenvalue weighted by Crippen LogP contribution is 2.22. The number of amides is 1. The summed E-state index contributed by atoms with van der Waals surface area (Å²) in [6, 6.07) is 11.2. The number of thiophene rings is 1. The summed E-state index contributed by atoms with van der Waals surface area (Å²) >= 11 is 7.08. The van der Waals surface area contributed by atoms with Crippen molar-refractivity contribution in [1.82, 2.24) is 5.32 Å². The van der Waals surface area contributed by atoms with Crippen molar-refractivity contribution in [2.24, 2.45) is 5.16 Å². The molecule has 1 atom stereocenters. The zero-order valence-corrected chi connectivity index (χ0v) is 14.9. The number of nitrogens with one attached hydrogen (secondary N) is 2. The first-order chi connectivity index (χ1) is 12.2. The summed E-state index contributed by atoms with van der Waals surface area (Å²) in [4.78, 5) is 18.0. The summed E-state index contributed by atoms with van der Waals surface area (Å²) in [5.74, 6) is -0.159. The molecule has 0 radical (unpaired) electrons. The lowest BCUT2D eigenvalue weighted by atomic mass is 10.0. The van der Waals surface area contributed by atoms with Crippen molar-refractivity contribution in [3.05, 3.63) is 51.2 Å². The number of carbonyl (C=O) groups is 1. The number of oxime groups is 1. The van der Waals surface area contributed by atoms with Crippen molar-refractivity contribution in [2.75, 3.05) is 25.0 Å². The van der Waals surface area contributed by atoms with E-state index in [1.54, 1.807) is 12.1 Å². The van der Waals surface area contributed by atoms with Crippen molar-refractivity contribution in [1.29, 1.82) is 0 Å². The molecule has 1 aromatic carbocycles. The van der Waals surface area contributed by atoms with Crippen LogP contribution in [0.2, 0.25) is 4.34 Å². The number of nitrogens with zero attached hydrogens (tertiary/aromatic N) is 1. The first kappa shape index (κ1) is 17.7. The number of carbonyl (C=O) groups excluding carboxylic acids is 1. The Morgan fingerprint density at radius 1 is 1.32 bits per heavy atom. The number of aliphatic hydroxyl groups is 1. The van der Waals surface area contributed by atoms with Crippen LogP contribution in [0.25, 0.3) is 0 Å². The van der Waals surface area contributed by atoms with E-state index in [-0.39, 0.29) is 18.6 Å². The quantitative estimate of drug-likeness (QED) is 0.690. The zero-order chi connectivity index (χ0) is 17.6. The van der Waals surface area contributed by atoms with Gasteiger partial charge in [0.2, 0.25) is 0 Å². The van der Waals surface area contributed by atoms with Crippen LogP contribution in [0, 0.1) is 0 Å². The second-order valence-electron chi connectivity index (χ2n) is 5.51. The van der Waals surface area contributed by atoms with Gasteiger partial charge in [0.1, 0.15) is 6.10 Å². The number of rotatable bonds is 7. The van der Waals surface area contributed by atoms with E-state index in [0.717, 1.165) is 17.0 Å². The van der Waals surface area contributed by atoms with Crippen LogP contribution in [-0.2, 0) is 4.84 Å². The van der Waals surface area contributed by atoms with Crippen LogP contribution in [0.1, 0.15) is 21.7 Å². The van der Waals surface area contributed by atoms with Crippen LogP contribution < -0.4 is 10.6 Å². The monoisotopic (exact) mass is 379 g/mol. The number of aliphatic hydroxyl groups excluding tert-OH is 1. The van der Waals surface area contributed by atoms with E-state index in [1.165, 1.54) is 11.3 Å². The topological polar surface area (TPSA) is 83.0 Å². The molecule has 1 amide bonds. The van der Waals surface area contributed by atoms with Gasteiger partial charge in [0, 0.05) is 18.7 Å². The third-order valence-electron chi connectivity index (χ3n) is 3.68. The standard InChI is InChI=1S/C17H18ClN3O3S/c18-16-6-5-15(25-16)17(23)20-10-13-9-14(21-24-13)11-1-3-12(4-2-11)19-7-8-22/h1-6,13,19,22H,7-10H2,(H,20,23). The van der Waals surface area contributed by atoms with Gasteiger partial charge in [-0.05, 0) is 29.8 Å². The number of hydrogen-bond donors (Lipinski definition) is 3. The molecule has 8 heteroatoms. The van der Waals surface area contributed by atoms with Gasteiger partial charge in [-0.15, -0.1) is 11.3 Å². The molecule has 6 nitrogen and oxygen atoms in total. The number of halogens is 1. The fourth-order valence-corrected chi connectivity index (χ4v) is 3.38. The second-order valence-corrected chi connectivity index (χ2v) is 7.23. The van der Waals surface area contributed by atoms with Gasteiger partial charge >= 0.3 is 0 Å². The van der Waals surface area contributed by atoms with Crippen LogP contribution in [0.5, 0.6) is 0 Å². The summed E-state index contributed by atoms with van der Waals surface area (Å²) in [7, 11) is 0. The number of benzene rings is 1. The third-order valence-corrected chi connectivity index (χ3v) is 4.91. The lowest BCUT2D eigenvalue weighted by Crippen LogP contribution is -2.31. The number of hydrogen-bond acceptors (Lipinski definition) is 6. The Morgan fingerprint density at radius 2 is 2.12 bits per heavy atom. The van der Waals surface area contributed by atoms with Gasteiger partial charge in [-0.3, -0.25) is 4.79 Å². The highest BCUT2D eigenvalue weighted by atomic mass is 35.5. The molecule has 3 rings (SSSR count). The SMILES string of the molecule is O=C(NCC1CC(c2ccc(NCCO)cc2)=NO1)c1ccc(Cl)s1. The molecule has 1 aliphatic heterocycles. The molecular weight excluding hydrogens is 362 g/mol. The molecule has 0 saturated heterocycles. The van der Waals surface area contributed by atoms with Crippen LogP contribution in [0.3, 0.4) is 0 Å². The largest absolute Gasteiger partial charge is 0.395 e. The molecule has 132 valence electrons. The first-order valence-corrected chi connectivity index (χ1v) is 9.06. The maximum atomic E-state index is 12.0. The molecular formula is C17H18ClN3O3S. The number of anilines is 1. The molecule has 0 spiro atoms. The van der Waals surface area contributed by atoms with Crippen molar-refractivity contribution in [3.8, 4) is 0 Å². The van der Waals surface area contributed by atoms with E-state index in [4.69, 9.17) is 21.5 Å². The molecule has 2 aromatic rings. The van der Waals surface area contributed by atoms with Gasteiger partial charge in [0.05, 0.1) is 28.1 Å². The van der Waals surface area contributed by atoms with Crippen LogP contribution >= 0.6 is 22.9 Å². The predicted molar refractivity (Wildman–Crippen MR) is 99.7 cm³/mol. The van der Waals surface area contributed by atoms with Gasteiger partial charge in [0.25, 0.3) is 5.91 Å². The molecule has 0 saturated carbocycles. The average Bonchev–Trinajstić information content (AvgIpc) is 3.27. The summed E-state index contributed by atoms with van der Waals surface area (Å²) in [6.07, 6.45) is 0.455. The van der Waals surface area contributed by atoms with Gasteiger partial charge in [0.15, 0.2) is 0 Å². The third kappa shape index (κ3) is 4.72. The van der Waals surface area contributed by atoms with Gasteiger partial charge < -0.3 is 20.6 Å². The normalized spacial score (nSPS) is 16.2. The summed E-state index contributed by atoms with van der Waals surface area (Å²) in [5.41, 5.74) is 2.77. The Morgan fingerprint density at radius 3 is 2.80 bits per heavy atom. The molecule has 25 heavy (non-hydrogen) atoms. The Kier molecular flexibility index (Phi) is 5.91. The fourth-order valence-electron chi connectivity index (χ4n) is 2.42. The maximum Gasteiger partial charge on any atom is 0.261 e. The Labute approximate surface area is 154 Å². The molecule has 0 bridgehead atoms. The molecule has 1 aromatic heterocycles. The van der Waals surface area contributed by atoms with Gasteiger partial charge in [-0.25, -0.2) is 0 Å². The minimum atomic E-state index is -0.179. The van der Waals surface area contributed by atoms with E-state index in [1.807, 2.05) is 24.3 Å². The van der Waals surface area contributed by atoms with E-state index in [2.05, 4.69) is 15.8 Å². The highest BCUT2D eigenvalue weighted by Gasteiger charge is 2.23. The van der Waals surface area contributed by atoms with E-state index >= 15 is 0 Å². The van der Waals surface area contributed by atoms with Crippen molar-refractivity contribution < 1.29 is 14.7 Å². The molecule has 1 unspecified atom stereocenters. The average molecular weight is 380 g/mol. The Bertz CT molecular complexity index is 761. The van der Waals surface area contributed by atoms with Crippen LogP contribution in [0.4, 0.5) is 5.69 Å². The van der Waals surface area contributed by atoms with Gasteiger partial charge in [-0.2, -0.15) is 0 Å². The predicted octanol–water partition coefficient (Wildman–Crippen LogP) is 2.73. The zero-order valence-electron chi connectivity index (χ0n) is 13.4. The van der Waals surface area contributed by atoms with Crippen LogP contribution in [-0.4, -0.2) is 42.5 Å². The van der Waals surface area contributed by atoms with Crippen LogP contribution in [0.15, 0.2) is 41.6 Å². The lowest BCUT2D eigenvalue weighted by Gasteiger charge is -2.09. The van der Waals surface area contributed by atoms with Crippen molar-refractivity contribution in [3.63, 3.8) is 0 Å². The van der Waals surface area contributed by atoms with E-state index in [9.17, 15) is 4.79 Å². The molecule has 3 N–H and O–H groups in total.